The minimum atomic E-state index is -4.21. The van der Waals surface area contributed by atoms with Gasteiger partial charge in [-0.2, -0.15) is 17.4 Å². The Labute approximate surface area is 138 Å². The molecular weight excluding hydrogens is 366 g/mol. The molecule has 0 aliphatic carbocycles. The largest absolute Gasteiger partial charge is 0.325 e. The maximum absolute atomic E-state index is 13.6. The molecule has 0 unspecified atom stereocenters. The Hall–Kier alpha value is -0.580. The van der Waals surface area contributed by atoms with E-state index in [1.807, 2.05) is 0 Å². The van der Waals surface area contributed by atoms with E-state index in [9.17, 15) is 21.6 Å². The highest BCUT2D eigenvalue weighted by Gasteiger charge is 2.30. The molecule has 1 aromatic carbocycles. The lowest BCUT2D eigenvalue weighted by molar-refractivity contribution is 0.0167. The van der Waals surface area contributed by atoms with Gasteiger partial charge in [0.05, 0.1) is 13.1 Å². The molecule has 0 aliphatic heterocycles. The van der Waals surface area contributed by atoms with E-state index in [4.69, 9.17) is 17.3 Å². The molecule has 0 aromatic heterocycles. The number of nitrogens with zero attached hydrogens (tertiary/aromatic N) is 1. The molecule has 0 bridgehead atoms. The number of halogens is 5. The van der Waals surface area contributed by atoms with E-state index >= 15 is 0 Å². The topological polar surface area (TPSA) is 75.4 Å². The molecule has 5 nitrogen and oxygen atoms in total. The molecule has 1 aromatic rings. The van der Waals surface area contributed by atoms with Gasteiger partial charge in [0.25, 0.3) is 16.1 Å². The Balaban J connectivity index is 0.00000441. The monoisotopic (exact) mass is 381 g/mol. The number of alkyl halides is 2. The highest BCUT2D eigenvalue weighted by Crippen LogP contribution is 2.21. The highest BCUT2D eigenvalue weighted by atomic mass is 35.5. The summed E-state index contributed by atoms with van der Waals surface area (Å²) in [6.07, 6.45) is 0. The van der Waals surface area contributed by atoms with E-state index in [2.05, 4.69) is 0 Å². The fourth-order valence-corrected chi connectivity index (χ4v) is 2.51. The van der Waals surface area contributed by atoms with Crippen LogP contribution in [0.1, 0.15) is 5.56 Å². The molecule has 128 valence electrons. The number of rotatable bonds is 7. The fraction of sp³-hybridized carbons (Fsp3) is 0.455. The minimum Gasteiger partial charge on any atom is -0.325 e. The summed E-state index contributed by atoms with van der Waals surface area (Å²) in [6.45, 7) is -2.52. The van der Waals surface area contributed by atoms with E-state index in [0.29, 0.717) is 4.31 Å². The van der Waals surface area contributed by atoms with Crippen molar-refractivity contribution in [3.8, 4) is 0 Å². The molecule has 11 heteroatoms. The molecule has 0 saturated heterocycles. The number of benzene rings is 1. The van der Waals surface area contributed by atoms with E-state index in [1.165, 1.54) is 12.1 Å². The summed E-state index contributed by atoms with van der Waals surface area (Å²) >= 11 is 5.78. The first-order valence-corrected chi connectivity index (χ1v) is 7.62. The fourth-order valence-electron chi connectivity index (χ4n) is 1.37. The maximum Gasteiger partial charge on any atom is 0.279 e. The molecule has 1 rings (SSSR count). The van der Waals surface area contributed by atoms with E-state index in [0.717, 1.165) is 13.1 Å². The molecule has 0 atom stereocenters. The van der Waals surface area contributed by atoms with Crippen LogP contribution in [0.2, 0.25) is 5.02 Å². The van der Waals surface area contributed by atoms with Gasteiger partial charge in [-0.1, -0.05) is 17.7 Å². The predicted molar refractivity (Wildman–Crippen MR) is 81.0 cm³/mol. The molecule has 0 saturated carbocycles. The van der Waals surface area contributed by atoms with Gasteiger partial charge in [0, 0.05) is 24.2 Å². The third-order valence-corrected chi connectivity index (χ3v) is 4.48. The zero-order valence-electron chi connectivity index (χ0n) is 11.5. The lowest BCUT2D eigenvalue weighted by atomic mass is 10.2. The SMILES string of the molecule is CN(Cc1c(F)cccc1Cl)S(=O)(=O)NCC(F)(F)CN.Cl. The first-order valence-electron chi connectivity index (χ1n) is 5.81. The lowest BCUT2D eigenvalue weighted by Gasteiger charge is -2.21. The van der Waals surface area contributed by atoms with Gasteiger partial charge in [-0.05, 0) is 12.1 Å². The normalized spacial score (nSPS) is 12.3. The van der Waals surface area contributed by atoms with Gasteiger partial charge in [0.1, 0.15) is 5.82 Å². The van der Waals surface area contributed by atoms with Crippen molar-refractivity contribution < 1.29 is 21.6 Å². The molecule has 22 heavy (non-hydrogen) atoms. The zero-order chi connectivity index (χ0) is 16.3. The van der Waals surface area contributed by atoms with Crippen molar-refractivity contribution in [3.05, 3.63) is 34.6 Å². The van der Waals surface area contributed by atoms with Gasteiger partial charge in [0.15, 0.2) is 0 Å². The molecule has 0 amide bonds. The molecule has 3 N–H and O–H groups in total. The van der Waals surface area contributed by atoms with Crippen molar-refractivity contribution in [2.75, 3.05) is 20.1 Å². The van der Waals surface area contributed by atoms with Gasteiger partial charge in [-0.25, -0.2) is 13.2 Å². The molecule has 0 aliphatic rings. The number of nitrogens with two attached hydrogens (primary N) is 1. The van der Waals surface area contributed by atoms with Crippen molar-refractivity contribution in [2.45, 2.75) is 12.5 Å². The zero-order valence-corrected chi connectivity index (χ0v) is 13.9. The summed E-state index contributed by atoms with van der Waals surface area (Å²) in [7, 11) is -3.10. The first kappa shape index (κ1) is 21.4. The number of nitrogens with one attached hydrogen (secondary N) is 1. The van der Waals surface area contributed by atoms with Gasteiger partial charge in [-0.3, -0.25) is 0 Å². The van der Waals surface area contributed by atoms with Crippen LogP contribution < -0.4 is 10.5 Å². The Bertz CT molecular complexity index is 582. The third kappa shape index (κ3) is 5.90. The summed E-state index contributed by atoms with van der Waals surface area (Å²) in [4.78, 5) is 0. The second kappa shape index (κ2) is 8.32. The van der Waals surface area contributed by atoms with Gasteiger partial charge < -0.3 is 5.73 Å². The number of hydrogen-bond donors (Lipinski definition) is 2. The van der Waals surface area contributed by atoms with Gasteiger partial charge in [-0.15, -0.1) is 12.4 Å². The highest BCUT2D eigenvalue weighted by molar-refractivity contribution is 7.87. The van der Waals surface area contributed by atoms with E-state index in [1.54, 1.807) is 4.72 Å². The Kier molecular flexibility index (Phi) is 8.10. The summed E-state index contributed by atoms with van der Waals surface area (Å²) in [5.41, 5.74) is 4.77. The maximum atomic E-state index is 13.6. The smallest absolute Gasteiger partial charge is 0.279 e. The van der Waals surface area contributed by atoms with Crippen LogP contribution in [0.4, 0.5) is 13.2 Å². The van der Waals surface area contributed by atoms with Crippen LogP contribution in [0.25, 0.3) is 0 Å². The van der Waals surface area contributed by atoms with E-state index in [-0.39, 0.29) is 23.0 Å². The second-order valence-corrected chi connectivity index (χ2v) is 6.61. The van der Waals surface area contributed by atoms with Crippen molar-refractivity contribution >= 4 is 34.2 Å². The quantitative estimate of drug-likeness (QED) is 0.755. The van der Waals surface area contributed by atoms with E-state index < -0.39 is 41.6 Å². The summed E-state index contributed by atoms with van der Waals surface area (Å²) in [5.74, 6) is -4.04. The molecule has 0 radical (unpaired) electrons. The van der Waals surface area contributed by atoms with Crippen molar-refractivity contribution in [2.24, 2.45) is 5.73 Å². The molecule has 0 spiro atoms. The van der Waals surface area contributed by atoms with Crippen LogP contribution in [-0.2, 0) is 16.8 Å². The Morgan fingerprint density at radius 2 is 2.00 bits per heavy atom. The summed E-state index contributed by atoms with van der Waals surface area (Å²) < 4.78 is 65.5. The summed E-state index contributed by atoms with van der Waals surface area (Å²) in [6, 6.07) is 3.89. The van der Waals surface area contributed by atoms with Gasteiger partial charge in [0.2, 0.25) is 0 Å². The Morgan fingerprint density at radius 1 is 1.41 bits per heavy atom. The average molecular weight is 382 g/mol. The van der Waals surface area contributed by atoms with Crippen LogP contribution in [-0.4, -0.2) is 38.8 Å². The van der Waals surface area contributed by atoms with Crippen LogP contribution in [0.5, 0.6) is 0 Å². The summed E-state index contributed by atoms with van der Waals surface area (Å²) in [5, 5.41) is 0.0457. The minimum absolute atomic E-state index is 0. The lowest BCUT2D eigenvalue weighted by Crippen LogP contribution is -2.46. The van der Waals surface area contributed by atoms with Crippen molar-refractivity contribution in [1.82, 2.24) is 9.03 Å². The second-order valence-electron chi connectivity index (χ2n) is 4.34. The third-order valence-electron chi connectivity index (χ3n) is 2.66. The van der Waals surface area contributed by atoms with Crippen LogP contribution in [0, 0.1) is 5.82 Å². The van der Waals surface area contributed by atoms with Crippen LogP contribution in [0.15, 0.2) is 18.2 Å². The van der Waals surface area contributed by atoms with Gasteiger partial charge >= 0.3 is 0 Å². The van der Waals surface area contributed by atoms with Crippen LogP contribution in [0.3, 0.4) is 0 Å². The Morgan fingerprint density at radius 3 is 2.50 bits per heavy atom. The molecule has 0 fully saturated rings. The van der Waals surface area contributed by atoms with Crippen molar-refractivity contribution in [3.63, 3.8) is 0 Å². The molecular formula is C11H16Cl2F3N3O2S. The average Bonchev–Trinajstić information content (AvgIpc) is 2.41. The predicted octanol–water partition coefficient (Wildman–Crippen LogP) is 1.76. The number of hydrogen-bond acceptors (Lipinski definition) is 3. The standard InChI is InChI=1S/C11H15ClF3N3O2S.ClH/c1-18(5-8-9(12)3-2-4-10(8)13)21(19,20)17-7-11(14,15)6-16;/h2-4,17H,5-7,16H2,1H3;1H. The molecule has 0 heterocycles. The first-order chi connectivity index (χ1) is 9.59. The van der Waals surface area contributed by atoms with Crippen molar-refractivity contribution in [1.29, 1.82) is 0 Å². The van der Waals surface area contributed by atoms with Crippen LogP contribution >= 0.6 is 24.0 Å².